The summed E-state index contributed by atoms with van der Waals surface area (Å²) in [5.74, 6) is 0.724. The van der Waals surface area contributed by atoms with Crippen LogP contribution in [-0.2, 0) is 6.54 Å². The highest BCUT2D eigenvalue weighted by Gasteiger charge is 2.26. The summed E-state index contributed by atoms with van der Waals surface area (Å²) in [5.41, 5.74) is 4.93. The summed E-state index contributed by atoms with van der Waals surface area (Å²) in [7, 11) is 0. The summed E-state index contributed by atoms with van der Waals surface area (Å²) >= 11 is 0. The van der Waals surface area contributed by atoms with Crippen LogP contribution in [0.15, 0.2) is 24.7 Å². The van der Waals surface area contributed by atoms with Gasteiger partial charge >= 0.3 is 0 Å². The summed E-state index contributed by atoms with van der Waals surface area (Å²) in [5, 5.41) is 4.30. The lowest BCUT2D eigenvalue weighted by Crippen LogP contribution is -1.93. The van der Waals surface area contributed by atoms with Crippen LogP contribution in [0.3, 0.4) is 0 Å². The van der Waals surface area contributed by atoms with Crippen LogP contribution in [0.2, 0.25) is 0 Å². The molecule has 1 aliphatic rings. The molecule has 1 fully saturated rings. The summed E-state index contributed by atoms with van der Waals surface area (Å²) in [4.78, 5) is 4.61. The van der Waals surface area contributed by atoms with Gasteiger partial charge in [-0.1, -0.05) is 0 Å². The molecule has 1 saturated carbocycles. The lowest BCUT2D eigenvalue weighted by Gasteiger charge is -2.05. The molecule has 88 valence electrons. The maximum Gasteiger partial charge on any atom is 0.0568 e. The zero-order valence-electron chi connectivity index (χ0n) is 10.3. The quantitative estimate of drug-likeness (QED) is 0.806. The highest BCUT2D eigenvalue weighted by molar-refractivity contribution is 5.61. The highest BCUT2D eigenvalue weighted by atomic mass is 15.3. The predicted octanol–water partition coefficient (Wildman–Crippen LogP) is 3.15. The summed E-state index contributed by atoms with van der Waals surface area (Å²) in [6.45, 7) is 5.16. The standard InChI is InChI=1S/C14H17N3/c1-3-17-9-13(8-16-17)12-6-10(2)14(15-7-12)11-4-5-11/h6-9,11H,3-5H2,1-2H3. The molecule has 0 radical (unpaired) electrons. The second-order valence-corrected chi connectivity index (χ2v) is 4.79. The van der Waals surface area contributed by atoms with E-state index in [9.17, 15) is 0 Å². The maximum absolute atomic E-state index is 4.61. The third-order valence-corrected chi connectivity index (χ3v) is 3.37. The topological polar surface area (TPSA) is 30.7 Å². The average molecular weight is 227 g/mol. The van der Waals surface area contributed by atoms with E-state index >= 15 is 0 Å². The Balaban J connectivity index is 1.95. The van der Waals surface area contributed by atoms with Gasteiger partial charge in [0.1, 0.15) is 0 Å². The normalized spacial score (nSPS) is 15.2. The van der Waals surface area contributed by atoms with Crippen molar-refractivity contribution in [2.45, 2.75) is 39.2 Å². The minimum absolute atomic E-state index is 0.724. The van der Waals surface area contributed by atoms with E-state index in [1.54, 1.807) is 0 Å². The first-order valence-corrected chi connectivity index (χ1v) is 6.27. The van der Waals surface area contributed by atoms with E-state index in [2.05, 4.69) is 36.2 Å². The lowest BCUT2D eigenvalue weighted by atomic mass is 10.1. The molecule has 0 amide bonds. The van der Waals surface area contributed by atoms with Crippen LogP contribution in [0.4, 0.5) is 0 Å². The number of rotatable bonds is 3. The molecule has 3 heteroatoms. The Bertz CT molecular complexity index is 538. The molecule has 0 atom stereocenters. The second-order valence-electron chi connectivity index (χ2n) is 4.79. The molecule has 3 rings (SSSR count). The van der Waals surface area contributed by atoms with Crippen molar-refractivity contribution in [3.8, 4) is 11.1 Å². The predicted molar refractivity (Wildman–Crippen MR) is 67.8 cm³/mol. The Hall–Kier alpha value is -1.64. The Morgan fingerprint density at radius 3 is 2.71 bits per heavy atom. The molecule has 0 N–H and O–H groups in total. The van der Waals surface area contributed by atoms with E-state index in [4.69, 9.17) is 0 Å². The van der Waals surface area contributed by atoms with Gasteiger partial charge in [-0.25, -0.2) is 0 Å². The van der Waals surface area contributed by atoms with Crippen LogP contribution >= 0.6 is 0 Å². The first-order chi connectivity index (χ1) is 8.28. The molecular formula is C14H17N3. The van der Waals surface area contributed by atoms with Crippen LogP contribution in [0.5, 0.6) is 0 Å². The SMILES string of the molecule is CCn1cc(-c2cnc(C3CC3)c(C)c2)cn1. The van der Waals surface area contributed by atoms with Crippen molar-refractivity contribution < 1.29 is 0 Å². The molecule has 0 bridgehead atoms. The van der Waals surface area contributed by atoms with Gasteiger partial charge < -0.3 is 0 Å². The number of pyridine rings is 1. The number of aromatic nitrogens is 3. The van der Waals surface area contributed by atoms with Gasteiger partial charge in [0.05, 0.1) is 6.20 Å². The molecule has 17 heavy (non-hydrogen) atoms. The minimum Gasteiger partial charge on any atom is -0.272 e. The highest BCUT2D eigenvalue weighted by Crippen LogP contribution is 2.40. The van der Waals surface area contributed by atoms with E-state index in [0.717, 1.165) is 18.0 Å². The lowest BCUT2D eigenvalue weighted by molar-refractivity contribution is 0.660. The van der Waals surface area contributed by atoms with E-state index < -0.39 is 0 Å². The number of hydrogen-bond donors (Lipinski definition) is 0. The fourth-order valence-corrected chi connectivity index (χ4v) is 2.21. The Morgan fingerprint density at radius 2 is 2.12 bits per heavy atom. The molecule has 3 nitrogen and oxygen atoms in total. The van der Waals surface area contributed by atoms with Crippen molar-refractivity contribution in [1.82, 2.24) is 14.8 Å². The molecule has 0 aliphatic heterocycles. The van der Waals surface area contributed by atoms with Crippen molar-refractivity contribution >= 4 is 0 Å². The van der Waals surface area contributed by atoms with Gasteiger partial charge in [-0.3, -0.25) is 9.67 Å². The first kappa shape index (κ1) is 10.5. The van der Waals surface area contributed by atoms with E-state index in [0.29, 0.717) is 0 Å². The third kappa shape index (κ3) is 1.97. The molecule has 2 aromatic rings. The van der Waals surface area contributed by atoms with E-state index in [-0.39, 0.29) is 0 Å². The van der Waals surface area contributed by atoms with Crippen molar-refractivity contribution in [2.24, 2.45) is 0 Å². The van der Waals surface area contributed by atoms with Gasteiger partial charge in [-0.05, 0) is 38.3 Å². The number of hydrogen-bond acceptors (Lipinski definition) is 2. The average Bonchev–Trinajstić information content (AvgIpc) is 3.06. The van der Waals surface area contributed by atoms with Gasteiger partial charge in [-0.15, -0.1) is 0 Å². The van der Waals surface area contributed by atoms with Gasteiger partial charge in [0.2, 0.25) is 0 Å². The molecule has 0 spiro atoms. The maximum atomic E-state index is 4.61. The van der Waals surface area contributed by atoms with E-state index in [1.165, 1.54) is 29.7 Å². The molecule has 2 heterocycles. The molecule has 0 aromatic carbocycles. The fraction of sp³-hybridized carbons (Fsp3) is 0.429. The van der Waals surface area contributed by atoms with Crippen molar-refractivity contribution in [2.75, 3.05) is 0 Å². The molecular weight excluding hydrogens is 210 g/mol. The monoisotopic (exact) mass is 227 g/mol. The zero-order chi connectivity index (χ0) is 11.8. The minimum atomic E-state index is 0.724. The van der Waals surface area contributed by atoms with Gasteiger partial charge in [0, 0.05) is 41.7 Å². The van der Waals surface area contributed by atoms with Crippen LogP contribution in [0.25, 0.3) is 11.1 Å². The fourth-order valence-electron chi connectivity index (χ4n) is 2.21. The summed E-state index contributed by atoms with van der Waals surface area (Å²) in [6, 6.07) is 2.23. The van der Waals surface area contributed by atoms with Crippen LogP contribution in [-0.4, -0.2) is 14.8 Å². The largest absolute Gasteiger partial charge is 0.272 e. The van der Waals surface area contributed by atoms with Gasteiger partial charge in [0.15, 0.2) is 0 Å². The third-order valence-electron chi connectivity index (χ3n) is 3.37. The molecule has 0 saturated heterocycles. The van der Waals surface area contributed by atoms with Crippen LogP contribution in [0, 0.1) is 6.92 Å². The van der Waals surface area contributed by atoms with Crippen molar-refractivity contribution in [3.05, 3.63) is 35.9 Å². The van der Waals surface area contributed by atoms with E-state index in [1.807, 2.05) is 17.1 Å². The van der Waals surface area contributed by atoms with Crippen LogP contribution < -0.4 is 0 Å². The summed E-state index contributed by atoms with van der Waals surface area (Å²) in [6.07, 6.45) is 8.59. The summed E-state index contributed by atoms with van der Waals surface area (Å²) < 4.78 is 1.94. The molecule has 1 aliphatic carbocycles. The zero-order valence-corrected chi connectivity index (χ0v) is 10.3. The Labute approximate surface area is 101 Å². The Kier molecular flexibility index (Phi) is 2.46. The van der Waals surface area contributed by atoms with Gasteiger partial charge in [0.25, 0.3) is 0 Å². The van der Waals surface area contributed by atoms with Crippen molar-refractivity contribution in [3.63, 3.8) is 0 Å². The van der Waals surface area contributed by atoms with Gasteiger partial charge in [-0.2, -0.15) is 5.10 Å². The second kappa shape index (κ2) is 3.99. The smallest absolute Gasteiger partial charge is 0.0568 e. The van der Waals surface area contributed by atoms with Crippen molar-refractivity contribution in [1.29, 1.82) is 0 Å². The number of aryl methyl sites for hydroxylation is 2. The van der Waals surface area contributed by atoms with Crippen LogP contribution in [0.1, 0.15) is 36.9 Å². The first-order valence-electron chi connectivity index (χ1n) is 6.27. The molecule has 2 aromatic heterocycles. The molecule has 0 unspecified atom stereocenters. The number of nitrogens with zero attached hydrogens (tertiary/aromatic N) is 3. The Morgan fingerprint density at radius 1 is 1.29 bits per heavy atom.